The van der Waals surface area contributed by atoms with E-state index in [2.05, 4.69) is 33.0 Å². The molecule has 0 heterocycles. The van der Waals surface area contributed by atoms with E-state index in [0.29, 0.717) is 18.0 Å². The van der Waals surface area contributed by atoms with Crippen molar-refractivity contribution in [3.8, 4) is 11.5 Å². The Hall–Kier alpha value is -1.71. The van der Waals surface area contributed by atoms with Gasteiger partial charge in [0.25, 0.3) is 5.91 Å². The molecule has 1 aromatic rings. The lowest BCUT2D eigenvalue weighted by atomic mass is 9.81. The average molecular weight is 251 g/mol. The quantitative estimate of drug-likeness (QED) is 0.720. The zero-order valence-corrected chi connectivity index (χ0v) is 11.3. The highest BCUT2D eigenvalue weighted by Crippen LogP contribution is 2.26. The molecule has 100 valence electrons. The molecule has 18 heavy (non-hydrogen) atoms. The molecule has 3 N–H and O–H groups in total. The zero-order valence-electron chi connectivity index (χ0n) is 11.3. The summed E-state index contributed by atoms with van der Waals surface area (Å²) in [7, 11) is 0. The summed E-state index contributed by atoms with van der Waals surface area (Å²) in [5, 5.41) is 21.3. The second kappa shape index (κ2) is 5.29. The number of phenolic OH excluding ortho intramolecular Hbond substituents is 2. The Bertz CT molecular complexity index is 439. The van der Waals surface area contributed by atoms with Gasteiger partial charge in [0.05, 0.1) is 0 Å². The van der Waals surface area contributed by atoms with Gasteiger partial charge in [-0.25, -0.2) is 0 Å². The number of amides is 1. The van der Waals surface area contributed by atoms with Crippen LogP contribution in [0.4, 0.5) is 0 Å². The van der Waals surface area contributed by atoms with E-state index in [-0.39, 0.29) is 22.8 Å². The van der Waals surface area contributed by atoms with E-state index >= 15 is 0 Å². The third kappa shape index (κ3) is 3.39. The van der Waals surface area contributed by atoms with Gasteiger partial charge in [-0.15, -0.1) is 0 Å². The lowest BCUT2D eigenvalue weighted by molar-refractivity contribution is 0.0924. The molecule has 0 aliphatic carbocycles. The summed E-state index contributed by atoms with van der Waals surface area (Å²) in [6.45, 7) is 8.96. The highest BCUT2D eigenvalue weighted by molar-refractivity contribution is 5.94. The first-order valence-electron chi connectivity index (χ1n) is 6.04. The van der Waals surface area contributed by atoms with Crippen molar-refractivity contribution in [2.75, 3.05) is 6.54 Å². The standard InChI is InChI=1S/C14H21NO3/c1-9(2)14(3,4)8-15-13(18)10-5-6-11(16)12(17)7-10/h5-7,9,16-17H,8H2,1-4H3,(H,15,18). The van der Waals surface area contributed by atoms with Gasteiger partial charge in [-0.2, -0.15) is 0 Å². The molecule has 0 saturated heterocycles. The third-order valence-electron chi connectivity index (χ3n) is 3.51. The second-order valence-corrected chi connectivity index (χ2v) is 5.53. The van der Waals surface area contributed by atoms with Crippen LogP contribution < -0.4 is 5.32 Å². The second-order valence-electron chi connectivity index (χ2n) is 5.53. The van der Waals surface area contributed by atoms with Crippen LogP contribution in [0.1, 0.15) is 38.1 Å². The molecule has 1 aromatic carbocycles. The van der Waals surface area contributed by atoms with Gasteiger partial charge in [0, 0.05) is 12.1 Å². The zero-order chi connectivity index (χ0) is 13.9. The molecule has 0 aliphatic rings. The Labute approximate surface area is 108 Å². The highest BCUT2D eigenvalue weighted by atomic mass is 16.3. The van der Waals surface area contributed by atoms with E-state index in [0.717, 1.165) is 0 Å². The summed E-state index contributed by atoms with van der Waals surface area (Å²) in [6.07, 6.45) is 0. The summed E-state index contributed by atoms with van der Waals surface area (Å²) in [5.41, 5.74) is 0.346. The van der Waals surface area contributed by atoms with Crippen molar-refractivity contribution in [3.05, 3.63) is 23.8 Å². The number of nitrogens with one attached hydrogen (secondary N) is 1. The number of hydrogen-bond acceptors (Lipinski definition) is 3. The minimum atomic E-state index is -0.286. The lowest BCUT2D eigenvalue weighted by Gasteiger charge is -2.29. The Morgan fingerprint density at radius 2 is 1.89 bits per heavy atom. The summed E-state index contributed by atoms with van der Waals surface area (Å²) in [5.74, 6) is -0.315. The van der Waals surface area contributed by atoms with Crippen molar-refractivity contribution >= 4 is 5.91 Å². The van der Waals surface area contributed by atoms with Crippen LogP contribution in [0, 0.1) is 11.3 Å². The van der Waals surface area contributed by atoms with Crippen molar-refractivity contribution in [1.29, 1.82) is 0 Å². The monoisotopic (exact) mass is 251 g/mol. The van der Waals surface area contributed by atoms with E-state index in [1.54, 1.807) is 0 Å². The minimum absolute atomic E-state index is 0.00856. The maximum atomic E-state index is 11.9. The van der Waals surface area contributed by atoms with Crippen LogP contribution in [-0.4, -0.2) is 22.7 Å². The molecule has 4 nitrogen and oxygen atoms in total. The van der Waals surface area contributed by atoms with E-state index < -0.39 is 0 Å². The van der Waals surface area contributed by atoms with Gasteiger partial charge in [-0.05, 0) is 29.5 Å². The van der Waals surface area contributed by atoms with Crippen LogP contribution in [0.2, 0.25) is 0 Å². The molecule has 0 aromatic heterocycles. The van der Waals surface area contributed by atoms with Gasteiger partial charge in [0.1, 0.15) is 0 Å². The minimum Gasteiger partial charge on any atom is -0.504 e. The summed E-state index contributed by atoms with van der Waals surface area (Å²) >= 11 is 0. The molecule has 0 aliphatic heterocycles. The normalized spacial score (nSPS) is 11.6. The first-order chi connectivity index (χ1) is 8.24. The molecule has 0 unspecified atom stereocenters. The predicted molar refractivity (Wildman–Crippen MR) is 70.7 cm³/mol. The van der Waals surface area contributed by atoms with Crippen molar-refractivity contribution in [3.63, 3.8) is 0 Å². The van der Waals surface area contributed by atoms with Crippen molar-refractivity contribution in [2.45, 2.75) is 27.7 Å². The van der Waals surface area contributed by atoms with Crippen LogP contribution in [0.25, 0.3) is 0 Å². The van der Waals surface area contributed by atoms with Gasteiger partial charge in [0.2, 0.25) is 0 Å². The SMILES string of the molecule is CC(C)C(C)(C)CNC(=O)c1ccc(O)c(O)c1. The van der Waals surface area contributed by atoms with Crippen LogP contribution in [0.3, 0.4) is 0 Å². The molecule has 0 bridgehead atoms. The van der Waals surface area contributed by atoms with E-state index in [1.807, 2.05) is 0 Å². The number of rotatable bonds is 4. The van der Waals surface area contributed by atoms with E-state index in [4.69, 9.17) is 0 Å². The first kappa shape index (κ1) is 14.4. The topological polar surface area (TPSA) is 69.6 Å². The van der Waals surface area contributed by atoms with Crippen LogP contribution >= 0.6 is 0 Å². The first-order valence-corrected chi connectivity index (χ1v) is 6.04. The fourth-order valence-corrected chi connectivity index (χ4v) is 1.28. The molecule has 1 rings (SSSR count). The largest absolute Gasteiger partial charge is 0.504 e. The molecule has 0 spiro atoms. The smallest absolute Gasteiger partial charge is 0.251 e. The average Bonchev–Trinajstić information content (AvgIpc) is 2.29. The Morgan fingerprint density at radius 1 is 1.28 bits per heavy atom. The van der Waals surface area contributed by atoms with Crippen LogP contribution in [-0.2, 0) is 0 Å². The molecule has 0 atom stereocenters. The molecule has 0 fully saturated rings. The van der Waals surface area contributed by atoms with Gasteiger partial charge in [-0.1, -0.05) is 27.7 Å². The number of aromatic hydroxyl groups is 2. The Balaban J connectivity index is 2.69. The number of carbonyl (C=O) groups is 1. The summed E-state index contributed by atoms with van der Waals surface area (Å²) < 4.78 is 0. The molecule has 0 radical (unpaired) electrons. The maximum absolute atomic E-state index is 11.9. The van der Waals surface area contributed by atoms with Crippen molar-refractivity contribution < 1.29 is 15.0 Å². The molecule has 0 saturated carbocycles. The summed E-state index contributed by atoms with van der Waals surface area (Å²) in [6, 6.07) is 4.04. The molecule has 4 heteroatoms. The maximum Gasteiger partial charge on any atom is 0.251 e. The highest BCUT2D eigenvalue weighted by Gasteiger charge is 2.23. The Kier molecular flexibility index (Phi) is 4.22. The number of hydrogen-bond donors (Lipinski definition) is 3. The van der Waals surface area contributed by atoms with E-state index in [1.165, 1.54) is 18.2 Å². The van der Waals surface area contributed by atoms with Crippen LogP contribution in [0.15, 0.2) is 18.2 Å². The van der Waals surface area contributed by atoms with Gasteiger partial charge >= 0.3 is 0 Å². The van der Waals surface area contributed by atoms with Crippen LogP contribution in [0.5, 0.6) is 11.5 Å². The van der Waals surface area contributed by atoms with Gasteiger partial charge in [-0.3, -0.25) is 4.79 Å². The molecular formula is C14H21NO3. The predicted octanol–water partition coefficient (Wildman–Crippen LogP) is 2.51. The molecular weight excluding hydrogens is 230 g/mol. The number of phenols is 2. The molecule has 1 amide bonds. The fraction of sp³-hybridized carbons (Fsp3) is 0.500. The Morgan fingerprint density at radius 3 is 2.39 bits per heavy atom. The summed E-state index contributed by atoms with van der Waals surface area (Å²) in [4.78, 5) is 11.9. The van der Waals surface area contributed by atoms with Gasteiger partial charge < -0.3 is 15.5 Å². The van der Waals surface area contributed by atoms with Gasteiger partial charge in [0.15, 0.2) is 11.5 Å². The van der Waals surface area contributed by atoms with Crippen molar-refractivity contribution in [1.82, 2.24) is 5.32 Å². The third-order valence-corrected chi connectivity index (χ3v) is 3.51. The van der Waals surface area contributed by atoms with E-state index in [9.17, 15) is 15.0 Å². The lowest BCUT2D eigenvalue weighted by Crippen LogP contribution is -2.36. The fourth-order valence-electron chi connectivity index (χ4n) is 1.28. The van der Waals surface area contributed by atoms with Crippen molar-refractivity contribution in [2.24, 2.45) is 11.3 Å². The number of benzene rings is 1. The number of carbonyl (C=O) groups excluding carboxylic acids is 1.